The second-order valence-electron chi connectivity index (χ2n) is 9.75. The Balaban J connectivity index is 1.48. The monoisotopic (exact) mass is 478 g/mol. The number of nitrogens with two attached hydrogens (primary N) is 1. The van der Waals surface area contributed by atoms with Gasteiger partial charge >= 0.3 is 0 Å². The number of halogens is 1. The number of pyridine rings is 1. The van der Waals surface area contributed by atoms with E-state index in [0.29, 0.717) is 18.2 Å². The summed E-state index contributed by atoms with van der Waals surface area (Å²) in [6.45, 7) is 3.76. The molecule has 0 spiro atoms. The molecular formula is C26H31ClN6O. The third-order valence-electron chi connectivity index (χ3n) is 7.06. The van der Waals surface area contributed by atoms with E-state index < -0.39 is 5.91 Å². The van der Waals surface area contributed by atoms with Gasteiger partial charge in [0.05, 0.1) is 5.41 Å². The molecule has 2 aromatic heterocycles. The van der Waals surface area contributed by atoms with E-state index in [4.69, 9.17) is 17.3 Å². The van der Waals surface area contributed by atoms with Crippen LogP contribution in [0.3, 0.4) is 0 Å². The number of aromatic nitrogens is 4. The smallest absolute Gasteiger partial charge is 0.267 e. The first-order valence-corrected chi connectivity index (χ1v) is 12.5. The molecule has 0 atom stereocenters. The number of primary amides is 1. The van der Waals surface area contributed by atoms with Crippen LogP contribution in [-0.2, 0) is 19.0 Å². The maximum absolute atomic E-state index is 11.9. The number of alkyl halides is 1. The zero-order chi connectivity index (χ0) is 23.9. The molecule has 0 bridgehead atoms. The Kier molecular flexibility index (Phi) is 6.06. The van der Waals surface area contributed by atoms with E-state index in [1.54, 1.807) is 6.33 Å². The maximum atomic E-state index is 11.9. The van der Waals surface area contributed by atoms with Gasteiger partial charge in [0.25, 0.3) is 5.91 Å². The number of nitrogens with zero attached hydrogens (tertiary/aromatic N) is 5. The van der Waals surface area contributed by atoms with Crippen molar-refractivity contribution in [2.75, 3.05) is 11.4 Å². The number of amides is 1. The van der Waals surface area contributed by atoms with Crippen LogP contribution in [-0.4, -0.2) is 37.6 Å². The molecule has 178 valence electrons. The summed E-state index contributed by atoms with van der Waals surface area (Å²) < 4.78 is 2.00. The van der Waals surface area contributed by atoms with Crippen LogP contribution in [0.1, 0.15) is 78.1 Å². The lowest BCUT2D eigenvalue weighted by molar-refractivity contribution is 0.0995. The van der Waals surface area contributed by atoms with E-state index in [9.17, 15) is 4.79 Å². The molecule has 7 nitrogen and oxygen atoms in total. The maximum Gasteiger partial charge on any atom is 0.267 e. The lowest BCUT2D eigenvalue weighted by Gasteiger charge is -2.45. The Morgan fingerprint density at radius 1 is 1.26 bits per heavy atom. The Morgan fingerprint density at radius 3 is 2.68 bits per heavy atom. The van der Waals surface area contributed by atoms with Crippen molar-refractivity contribution in [1.29, 1.82) is 0 Å². The molecule has 2 aliphatic rings. The number of hydrogen-bond acceptors (Lipinski definition) is 5. The summed E-state index contributed by atoms with van der Waals surface area (Å²) in [5, 5.41) is 8.71. The van der Waals surface area contributed by atoms with Crippen molar-refractivity contribution < 1.29 is 4.79 Å². The van der Waals surface area contributed by atoms with Gasteiger partial charge in [-0.05, 0) is 67.5 Å². The average molecular weight is 479 g/mol. The molecule has 2 N–H and O–H groups in total. The zero-order valence-corrected chi connectivity index (χ0v) is 20.5. The fourth-order valence-corrected chi connectivity index (χ4v) is 5.69. The summed E-state index contributed by atoms with van der Waals surface area (Å²) in [6, 6.07) is 12.7. The molecule has 2 fully saturated rings. The van der Waals surface area contributed by atoms with Gasteiger partial charge in [0.15, 0.2) is 0 Å². The summed E-state index contributed by atoms with van der Waals surface area (Å²) in [7, 11) is 1.99. The first kappa shape index (κ1) is 22.8. The van der Waals surface area contributed by atoms with Gasteiger partial charge in [0.2, 0.25) is 0 Å². The second-order valence-corrected chi connectivity index (χ2v) is 10.4. The molecule has 34 heavy (non-hydrogen) atoms. The van der Waals surface area contributed by atoms with Gasteiger partial charge in [0, 0.05) is 42.8 Å². The zero-order valence-electron chi connectivity index (χ0n) is 19.7. The van der Waals surface area contributed by atoms with Crippen molar-refractivity contribution >= 4 is 23.2 Å². The number of rotatable bonds is 9. The van der Waals surface area contributed by atoms with Crippen molar-refractivity contribution in [3.8, 4) is 0 Å². The molecule has 2 heterocycles. The summed E-state index contributed by atoms with van der Waals surface area (Å²) in [4.78, 5) is 18.8. The normalized spacial score (nSPS) is 21.8. The molecule has 0 unspecified atom stereocenters. The van der Waals surface area contributed by atoms with Crippen molar-refractivity contribution in [1.82, 2.24) is 19.7 Å². The Morgan fingerprint density at radius 2 is 2.06 bits per heavy atom. The predicted molar refractivity (Wildman–Crippen MR) is 133 cm³/mol. The van der Waals surface area contributed by atoms with Gasteiger partial charge in [-0.1, -0.05) is 19.1 Å². The van der Waals surface area contributed by atoms with Crippen LogP contribution in [0.2, 0.25) is 0 Å². The van der Waals surface area contributed by atoms with Crippen molar-refractivity contribution in [2.45, 2.75) is 62.3 Å². The van der Waals surface area contributed by atoms with E-state index in [-0.39, 0.29) is 10.8 Å². The second kappa shape index (κ2) is 9.02. The molecule has 2 saturated carbocycles. The van der Waals surface area contributed by atoms with Crippen LogP contribution in [0.5, 0.6) is 0 Å². The van der Waals surface area contributed by atoms with Gasteiger partial charge in [0.1, 0.15) is 17.8 Å². The van der Waals surface area contributed by atoms with E-state index >= 15 is 0 Å². The quantitative estimate of drug-likeness (QED) is 0.463. The molecule has 0 aliphatic heterocycles. The van der Waals surface area contributed by atoms with E-state index in [1.165, 1.54) is 5.56 Å². The largest absolute Gasteiger partial charge is 0.367 e. The molecule has 3 aromatic rings. The van der Waals surface area contributed by atoms with Gasteiger partial charge in [-0.25, -0.2) is 4.98 Å². The molecule has 1 aromatic carbocycles. The molecule has 1 amide bonds. The first-order valence-electron chi connectivity index (χ1n) is 12.0. The minimum atomic E-state index is -0.473. The molecule has 2 aliphatic carbocycles. The lowest BCUT2D eigenvalue weighted by Crippen LogP contribution is -2.45. The van der Waals surface area contributed by atoms with Crippen LogP contribution < -0.4 is 10.6 Å². The Bertz CT molecular complexity index is 1200. The van der Waals surface area contributed by atoms with Crippen LogP contribution >= 0.6 is 11.6 Å². The lowest BCUT2D eigenvalue weighted by atomic mass is 9.63. The third kappa shape index (κ3) is 4.29. The summed E-state index contributed by atoms with van der Waals surface area (Å²) in [5.41, 5.74) is 10.1. The predicted octanol–water partition coefficient (Wildman–Crippen LogP) is 4.29. The van der Waals surface area contributed by atoms with Crippen LogP contribution in [0.15, 0.2) is 42.7 Å². The van der Waals surface area contributed by atoms with Gasteiger partial charge in [-0.2, -0.15) is 0 Å². The van der Waals surface area contributed by atoms with Gasteiger partial charge < -0.3 is 15.2 Å². The van der Waals surface area contributed by atoms with Gasteiger partial charge in [-0.15, -0.1) is 21.8 Å². The number of benzene rings is 1. The fourth-order valence-electron chi connectivity index (χ4n) is 5.17. The molecule has 0 radical (unpaired) electrons. The highest BCUT2D eigenvalue weighted by Gasteiger charge is 2.49. The number of hydrogen-bond donors (Lipinski definition) is 1. The highest BCUT2D eigenvalue weighted by Crippen LogP contribution is 2.51. The number of aryl methyl sites for hydroxylation is 1. The number of carbonyl (C=O) groups is 1. The topological polar surface area (TPSA) is 89.9 Å². The van der Waals surface area contributed by atoms with Crippen molar-refractivity contribution in [3.63, 3.8) is 0 Å². The summed E-state index contributed by atoms with van der Waals surface area (Å²) in [5.74, 6) is 0.936. The SMILES string of the molecule is CCCN(Cc1cc(C(N)=O)nc(C2CC2)c1)c1cccc(C2(c3nncn3C)CC(Cl)C2)c1. The van der Waals surface area contributed by atoms with Crippen LogP contribution in [0, 0.1) is 0 Å². The number of carbonyl (C=O) groups excluding carboxylic acids is 1. The average Bonchev–Trinajstić information content (AvgIpc) is 3.57. The van der Waals surface area contributed by atoms with Gasteiger partial charge in [-0.3, -0.25) is 4.79 Å². The first-order chi connectivity index (χ1) is 16.4. The Labute approximate surface area is 205 Å². The van der Waals surface area contributed by atoms with E-state index in [1.807, 2.05) is 17.7 Å². The summed E-state index contributed by atoms with van der Waals surface area (Å²) >= 11 is 6.49. The van der Waals surface area contributed by atoms with E-state index in [0.717, 1.165) is 61.4 Å². The molecule has 0 saturated heterocycles. The molecular weight excluding hydrogens is 448 g/mol. The van der Waals surface area contributed by atoms with E-state index in [2.05, 4.69) is 57.3 Å². The minimum absolute atomic E-state index is 0.136. The third-order valence-corrected chi connectivity index (χ3v) is 7.37. The number of anilines is 1. The highest BCUT2D eigenvalue weighted by atomic mass is 35.5. The minimum Gasteiger partial charge on any atom is -0.367 e. The Hall–Kier alpha value is -2.93. The molecule has 8 heteroatoms. The highest BCUT2D eigenvalue weighted by molar-refractivity contribution is 6.21. The standard InChI is InChI=1S/C26H31ClN6O/c1-3-9-33(15-17-10-22(18-7-8-18)30-23(11-17)24(28)34)21-6-4-5-19(12-21)26(13-20(27)14-26)25-31-29-16-32(25)2/h4-6,10-12,16,18,20H,3,7-9,13-15H2,1-2H3,(H2,28,34). The van der Waals surface area contributed by atoms with Crippen LogP contribution in [0.4, 0.5) is 5.69 Å². The van der Waals surface area contributed by atoms with Crippen LogP contribution in [0.25, 0.3) is 0 Å². The van der Waals surface area contributed by atoms with Crippen molar-refractivity contribution in [2.24, 2.45) is 12.8 Å². The molecule has 5 rings (SSSR count). The fraction of sp³-hybridized carbons (Fsp3) is 0.462. The van der Waals surface area contributed by atoms with Crippen molar-refractivity contribution in [3.05, 3.63) is 71.1 Å². The summed E-state index contributed by atoms with van der Waals surface area (Å²) in [6.07, 6.45) is 6.70.